The minimum atomic E-state index is -0.695. The Labute approximate surface area is 226 Å². The molecule has 2 amide bonds. The van der Waals surface area contributed by atoms with Crippen LogP contribution in [0, 0.1) is 5.41 Å². The number of allylic oxidation sites excluding steroid dienone is 2. The van der Waals surface area contributed by atoms with E-state index in [0.29, 0.717) is 11.3 Å². The average Bonchev–Trinajstić information content (AvgIpc) is 3.24. The third-order valence-electron chi connectivity index (χ3n) is 5.25. The lowest BCUT2D eigenvalue weighted by atomic mass is 9.98. The number of aromatic nitrogens is 3. The molecule has 0 aliphatic heterocycles. The molecule has 204 valence electrons. The first-order valence-corrected chi connectivity index (χ1v) is 12.2. The van der Waals surface area contributed by atoms with Gasteiger partial charge in [-0.25, -0.2) is 9.78 Å². The number of rotatable bonds is 8. The lowest BCUT2D eigenvalue weighted by Gasteiger charge is -2.24. The molecule has 13 heteroatoms. The molecular formula is C25H33ClN8O4. The molecule has 0 fully saturated rings. The van der Waals surface area contributed by atoms with Crippen LogP contribution in [0.15, 0.2) is 47.5 Å². The SMILES string of the molecule is CN/C=C1/C=C(COC[C@@H](C)NC(=O)c2cnn3c(N(C)C(=O)OC(C)(C)C)cc(Cl)nc23)C=C(N)C1=N. The predicted molar refractivity (Wildman–Crippen MR) is 146 cm³/mol. The van der Waals surface area contributed by atoms with Gasteiger partial charge in [-0.3, -0.25) is 15.1 Å². The Kier molecular flexibility index (Phi) is 8.79. The second-order valence-corrected chi connectivity index (χ2v) is 10.1. The first-order chi connectivity index (χ1) is 17.8. The monoisotopic (exact) mass is 544 g/mol. The van der Waals surface area contributed by atoms with Crippen LogP contribution in [0.4, 0.5) is 10.6 Å². The second kappa shape index (κ2) is 11.7. The maximum Gasteiger partial charge on any atom is 0.415 e. The number of ether oxygens (including phenoxy) is 2. The molecule has 5 N–H and O–H groups in total. The van der Waals surface area contributed by atoms with E-state index in [9.17, 15) is 9.59 Å². The summed E-state index contributed by atoms with van der Waals surface area (Å²) < 4.78 is 12.5. The molecule has 0 unspecified atom stereocenters. The standard InChI is InChI=1S/C25H33ClN8O4/c1-14(12-37-13-15-7-16(10-29-5)21(28)18(27)8-15)31-23(35)17-11-30-34-20(9-19(26)32-22(17)34)33(6)24(36)38-25(2,3)4/h7-11,14,28-29H,12-13,27H2,1-6H3,(H,31,35)/b16-10-,28-21?/t14-/m1/s1. The highest BCUT2D eigenvalue weighted by atomic mass is 35.5. The number of halogens is 1. The molecule has 0 aromatic carbocycles. The molecule has 2 aromatic heterocycles. The van der Waals surface area contributed by atoms with Gasteiger partial charge in [0.15, 0.2) is 5.65 Å². The third-order valence-corrected chi connectivity index (χ3v) is 5.44. The Morgan fingerprint density at radius 2 is 2.05 bits per heavy atom. The molecule has 0 bridgehead atoms. The summed E-state index contributed by atoms with van der Waals surface area (Å²) in [4.78, 5) is 31.1. The molecule has 0 saturated carbocycles. The summed E-state index contributed by atoms with van der Waals surface area (Å²) in [7, 11) is 3.27. The van der Waals surface area contributed by atoms with Crippen LogP contribution in [-0.4, -0.2) is 71.3 Å². The third kappa shape index (κ3) is 6.90. The first kappa shape index (κ1) is 28.7. The van der Waals surface area contributed by atoms with E-state index in [4.69, 9.17) is 32.2 Å². The maximum absolute atomic E-state index is 13.0. The summed E-state index contributed by atoms with van der Waals surface area (Å²) >= 11 is 6.21. The van der Waals surface area contributed by atoms with Gasteiger partial charge in [0.05, 0.1) is 30.8 Å². The second-order valence-electron chi connectivity index (χ2n) is 9.74. The van der Waals surface area contributed by atoms with Crippen molar-refractivity contribution in [3.05, 3.63) is 58.2 Å². The van der Waals surface area contributed by atoms with Crippen LogP contribution >= 0.6 is 11.6 Å². The van der Waals surface area contributed by atoms with Gasteiger partial charge in [-0.2, -0.15) is 9.61 Å². The van der Waals surface area contributed by atoms with E-state index in [1.807, 2.05) is 6.08 Å². The molecule has 1 atom stereocenters. The summed E-state index contributed by atoms with van der Waals surface area (Å²) in [6, 6.07) is 1.11. The summed E-state index contributed by atoms with van der Waals surface area (Å²) in [5.41, 5.74) is 7.67. The van der Waals surface area contributed by atoms with Crippen molar-refractivity contribution in [3.63, 3.8) is 0 Å². The van der Waals surface area contributed by atoms with Gasteiger partial charge < -0.3 is 25.8 Å². The van der Waals surface area contributed by atoms with Crippen LogP contribution < -0.4 is 21.3 Å². The smallest absolute Gasteiger partial charge is 0.415 e. The molecule has 12 nitrogen and oxygen atoms in total. The van der Waals surface area contributed by atoms with Gasteiger partial charge in [-0.05, 0) is 45.4 Å². The molecular weight excluding hydrogens is 512 g/mol. The lowest BCUT2D eigenvalue weighted by Crippen LogP contribution is -2.36. The summed E-state index contributed by atoms with van der Waals surface area (Å²) in [6.07, 6.45) is 5.96. The summed E-state index contributed by atoms with van der Waals surface area (Å²) in [5, 5.41) is 18.1. The van der Waals surface area contributed by atoms with Gasteiger partial charge in [-0.15, -0.1) is 0 Å². The summed E-state index contributed by atoms with van der Waals surface area (Å²) in [5.74, 6) is -0.136. The lowest BCUT2D eigenvalue weighted by molar-refractivity contribution is 0.0587. The molecule has 0 spiro atoms. The van der Waals surface area contributed by atoms with Crippen molar-refractivity contribution < 1.29 is 19.1 Å². The van der Waals surface area contributed by atoms with Gasteiger partial charge in [0, 0.05) is 38.0 Å². The van der Waals surface area contributed by atoms with Crippen molar-refractivity contribution in [2.75, 3.05) is 32.2 Å². The fraction of sp³-hybridized carbons (Fsp3) is 0.400. The van der Waals surface area contributed by atoms with Gasteiger partial charge >= 0.3 is 6.09 Å². The van der Waals surface area contributed by atoms with Crippen molar-refractivity contribution in [1.82, 2.24) is 25.2 Å². The van der Waals surface area contributed by atoms with Crippen LogP contribution in [0.25, 0.3) is 5.65 Å². The number of hydrogen-bond donors (Lipinski definition) is 4. The van der Waals surface area contributed by atoms with Gasteiger partial charge in [0.1, 0.15) is 22.1 Å². The number of amides is 2. The van der Waals surface area contributed by atoms with Crippen molar-refractivity contribution in [2.45, 2.75) is 39.3 Å². The highest BCUT2D eigenvalue weighted by molar-refractivity contribution is 6.30. The number of fused-ring (bicyclic) bond motifs is 1. The highest BCUT2D eigenvalue weighted by Gasteiger charge is 2.25. The minimum Gasteiger partial charge on any atom is -0.443 e. The zero-order valence-corrected chi connectivity index (χ0v) is 23.0. The van der Waals surface area contributed by atoms with Gasteiger partial charge in [-0.1, -0.05) is 11.6 Å². The molecule has 0 saturated heterocycles. The zero-order valence-electron chi connectivity index (χ0n) is 22.3. The van der Waals surface area contributed by atoms with E-state index in [1.165, 1.54) is 28.7 Å². The number of nitrogens with zero attached hydrogens (tertiary/aromatic N) is 4. The molecule has 2 heterocycles. The Bertz CT molecular complexity index is 1340. The summed E-state index contributed by atoms with van der Waals surface area (Å²) in [6.45, 7) is 7.56. The number of nitrogens with one attached hydrogen (secondary N) is 3. The Hall–Kier alpha value is -3.90. The van der Waals surface area contributed by atoms with Crippen LogP contribution in [0.1, 0.15) is 38.1 Å². The van der Waals surface area contributed by atoms with Crippen molar-refractivity contribution in [1.29, 1.82) is 5.41 Å². The fourth-order valence-electron chi connectivity index (χ4n) is 3.54. The topological polar surface area (TPSA) is 160 Å². The first-order valence-electron chi connectivity index (χ1n) is 11.8. The van der Waals surface area contributed by atoms with E-state index in [-0.39, 0.29) is 47.1 Å². The minimum absolute atomic E-state index is 0.0849. The van der Waals surface area contributed by atoms with E-state index < -0.39 is 17.6 Å². The number of hydrogen-bond acceptors (Lipinski definition) is 9. The Morgan fingerprint density at radius 1 is 1.34 bits per heavy atom. The van der Waals surface area contributed by atoms with E-state index in [2.05, 4.69) is 20.7 Å². The molecule has 3 rings (SSSR count). The van der Waals surface area contributed by atoms with E-state index >= 15 is 0 Å². The highest BCUT2D eigenvalue weighted by Crippen LogP contribution is 2.23. The van der Waals surface area contributed by atoms with Gasteiger partial charge in [0.25, 0.3) is 5.91 Å². The van der Waals surface area contributed by atoms with E-state index in [1.54, 1.807) is 47.0 Å². The van der Waals surface area contributed by atoms with Crippen LogP contribution in [0.2, 0.25) is 5.15 Å². The van der Waals surface area contributed by atoms with Crippen molar-refractivity contribution in [3.8, 4) is 0 Å². The quantitative estimate of drug-likeness (QED) is 0.369. The van der Waals surface area contributed by atoms with E-state index in [0.717, 1.165) is 5.57 Å². The Morgan fingerprint density at radius 3 is 2.71 bits per heavy atom. The normalized spacial score (nSPS) is 15.7. The molecule has 1 aliphatic carbocycles. The zero-order chi connectivity index (χ0) is 28.2. The number of anilines is 1. The largest absolute Gasteiger partial charge is 0.443 e. The fourth-order valence-corrected chi connectivity index (χ4v) is 3.72. The molecule has 38 heavy (non-hydrogen) atoms. The average molecular weight is 545 g/mol. The number of carbonyl (C=O) groups is 2. The van der Waals surface area contributed by atoms with Crippen molar-refractivity contribution in [2.24, 2.45) is 5.73 Å². The molecule has 2 aromatic rings. The molecule has 0 radical (unpaired) electrons. The molecule has 1 aliphatic rings. The number of nitrogens with two attached hydrogens (primary N) is 1. The number of carbonyl (C=O) groups excluding carboxylic acids is 2. The van der Waals surface area contributed by atoms with Gasteiger partial charge in [0.2, 0.25) is 0 Å². The Balaban J connectivity index is 1.68. The maximum atomic E-state index is 13.0. The van der Waals surface area contributed by atoms with Crippen molar-refractivity contribution >= 4 is 40.8 Å². The predicted octanol–water partition coefficient (Wildman–Crippen LogP) is 2.79. The van der Waals surface area contributed by atoms with Crippen LogP contribution in [-0.2, 0) is 9.47 Å². The van der Waals surface area contributed by atoms with Crippen LogP contribution in [0.3, 0.4) is 0 Å². The van der Waals surface area contributed by atoms with Crippen LogP contribution in [0.5, 0.6) is 0 Å².